The molecule has 1 aliphatic rings. The van der Waals surface area contributed by atoms with Crippen molar-refractivity contribution in [2.24, 2.45) is 5.92 Å². The zero-order valence-corrected chi connectivity index (χ0v) is 11.1. The summed E-state index contributed by atoms with van der Waals surface area (Å²) in [6, 6.07) is 1.17. The predicted octanol–water partition coefficient (Wildman–Crippen LogP) is -1.01. The molecule has 0 radical (unpaired) electrons. The summed E-state index contributed by atoms with van der Waals surface area (Å²) in [6.07, 6.45) is -1.12. The van der Waals surface area contributed by atoms with Gasteiger partial charge in [0, 0.05) is 25.1 Å². The molecule has 1 aromatic heterocycles. The molecule has 0 aliphatic carbocycles. The smallest absolute Gasteiger partial charge is 0.330 e. The van der Waals surface area contributed by atoms with E-state index in [2.05, 4.69) is 4.98 Å². The molecule has 0 aromatic carbocycles. The summed E-state index contributed by atoms with van der Waals surface area (Å²) < 4.78 is 11.5. The van der Waals surface area contributed by atoms with Gasteiger partial charge in [-0.1, -0.05) is 6.92 Å². The van der Waals surface area contributed by atoms with Crippen LogP contribution in [0.1, 0.15) is 20.1 Å². The minimum Gasteiger partial charge on any atom is -0.463 e. The third-order valence-electron chi connectivity index (χ3n) is 3.31. The first-order valence-corrected chi connectivity index (χ1v) is 6.18. The fourth-order valence-corrected chi connectivity index (χ4v) is 2.11. The van der Waals surface area contributed by atoms with Gasteiger partial charge in [0.25, 0.3) is 5.56 Å². The van der Waals surface area contributed by atoms with Crippen LogP contribution in [0.4, 0.5) is 0 Å². The number of H-pyrrole nitrogens is 1. The number of esters is 1. The van der Waals surface area contributed by atoms with Crippen LogP contribution in [0.25, 0.3) is 0 Å². The molecule has 0 saturated carbocycles. The average Bonchev–Trinajstić information content (AvgIpc) is 2.64. The lowest BCUT2D eigenvalue weighted by Gasteiger charge is -2.17. The van der Waals surface area contributed by atoms with E-state index in [1.807, 2.05) is 0 Å². The Morgan fingerprint density at radius 2 is 2.25 bits per heavy atom. The van der Waals surface area contributed by atoms with Gasteiger partial charge < -0.3 is 14.6 Å². The zero-order chi connectivity index (χ0) is 14.9. The Labute approximate surface area is 114 Å². The fraction of sp³-hybridized carbons (Fsp3) is 0.583. The number of hydrogen-bond donors (Lipinski definition) is 2. The van der Waals surface area contributed by atoms with Crippen molar-refractivity contribution < 1.29 is 19.4 Å². The summed E-state index contributed by atoms with van der Waals surface area (Å²) in [5.74, 6) is -0.766. The standard InChI is InChI=1S/C12H16N2O6/c1-6-8(5-19-7(2)15)20-11(10(6)17)14-4-3-9(16)13-12(14)18/h3-4,6,8,10-11,17H,5H2,1-2H3,(H,13,16,18)/t6-,8?,10+,11?/m1/s1. The van der Waals surface area contributed by atoms with Gasteiger partial charge in [0.2, 0.25) is 0 Å². The Bertz CT molecular complexity index is 606. The number of ether oxygens (including phenoxy) is 2. The summed E-state index contributed by atoms with van der Waals surface area (Å²) in [7, 11) is 0. The summed E-state index contributed by atoms with van der Waals surface area (Å²) in [5, 5.41) is 10.1. The summed E-state index contributed by atoms with van der Waals surface area (Å²) in [4.78, 5) is 35.6. The second kappa shape index (κ2) is 5.59. The first kappa shape index (κ1) is 14.5. The van der Waals surface area contributed by atoms with Gasteiger partial charge in [0.15, 0.2) is 6.23 Å². The zero-order valence-electron chi connectivity index (χ0n) is 11.1. The molecular weight excluding hydrogens is 268 g/mol. The molecular formula is C12H16N2O6. The van der Waals surface area contributed by atoms with Crippen molar-refractivity contribution in [2.75, 3.05) is 6.61 Å². The molecule has 1 fully saturated rings. The maximum Gasteiger partial charge on any atom is 0.330 e. The number of aromatic nitrogens is 2. The molecule has 8 nitrogen and oxygen atoms in total. The molecule has 110 valence electrons. The van der Waals surface area contributed by atoms with Crippen LogP contribution in [0.15, 0.2) is 21.9 Å². The van der Waals surface area contributed by atoms with Gasteiger partial charge in [-0.05, 0) is 0 Å². The number of nitrogens with one attached hydrogen (secondary N) is 1. The number of carbonyl (C=O) groups excluding carboxylic acids is 1. The Hall–Kier alpha value is -1.93. The maximum absolute atomic E-state index is 11.7. The highest BCUT2D eigenvalue weighted by Gasteiger charge is 2.42. The summed E-state index contributed by atoms with van der Waals surface area (Å²) >= 11 is 0. The van der Waals surface area contributed by atoms with E-state index in [9.17, 15) is 19.5 Å². The lowest BCUT2D eigenvalue weighted by Crippen LogP contribution is -2.35. The minimum absolute atomic E-state index is 0.00215. The monoisotopic (exact) mass is 284 g/mol. The average molecular weight is 284 g/mol. The third kappa shape index (κ3) is 2.81. The van der Waals surface area contributed by atoms with Crippen molar-refractivity contribution in [3.05, 3.63) is 33.1 Å². The van der Waals surface area contributed by atoms with Crippen LogP contribution < -0.4 is 11.2 Å². The van der Waals surface area contributed by atoms with Crippen molar-refractivity contribution in [3.8, 4) is 0 Å². The van der Waals surface area contributed by atoms with Crippen LogP contribution in [0.5, 0.6) is 0 Å². The predicted molar refractivity (Wildman–Crippen MR) is 67.0 cm³/mol. The molecule has 0 amide bonds. The second-order valence-corrected chi connectivity index (χ2v) is 4.73. The van der Waals surface area contributed by atoms with Gasteiger partial charge in [0.05, 0.1) is 6.10 Å². The maximum atomic E-state index is 11.7. The van der Waals surface area contributed by atoms with Crippen molar-refractivity contribution in [2.45, 2.75) is 32.3 Å². The van der Waals surface area contributed by atoms with E-state index in [4.69, 9.17) is 9.47 Å². The van der Waals surface area contributed by atoms with E-state index in [0.717, 1.165) is 4.57 Å². The van der Waals surface area contributed by atoms with Crippen molar-refractivity contribution >= 4 is 5.97 Å². The number of rotatable bonds is 3. The molecule has 1 aliphatic heterocycles. The number of carbonyl (C=O) groups is 1. The Kier molecular flexibility index (Phi) is 4.05. The molecule has 1 saturated heterocycles. The topological polar surface area (TPSA) is 111 Å². The molecule has 20 heavy (non-hydrogen) atoms. The number of aromatic amines is 1. The van der Waals surface area contributed by atoms with Gasteiger partial charge in [-0.15, -0.1) is 0 Å². The first-order valence-electron chi connectivity index (χ1n) is 6.18. The van der Waals surface area contributed by atoms with Gasteiger partial charge in [0.1, 0.15) is 12.7 Å². The summed E-state index contributed by atoms with van der Waals surface area (Å²) in [5.41, 5.74) is -1.19. The van der Waals surface area contributed by atoms with Crippen LogP contribution >= 0.6 is 0 Å². The van der Waals surface area contributed by atoms with Crippen molar-refractivity contribution in [3.63, 3.8) is 0 Å². The number of aliphatic hydroxyl groups is 1. The third-order valence-corrected chi connectivity index (χ3v) is 3.31. The largest absolute Gasteiger partial charge is 0.463 e. The fourth-order valence-electron chi connectivity index (χ4n) is 2.11. The second-order valence-electron chi connectivity index (χ2n) is 4.73. The lowest BCUT2D eigenvalue weighted by molar-refractivity contribution is -0.146. The van der Waals surface area contributed by atoms with E-state index in [-0.39, 0.29) is 12.5 Å². The Morgan fingerprint density at radius 3 is 2.85 bits per heavy atom. The van der Waals surface area contributed by atoms with Crippen molar-refractivity contribution in [1.29, 1.82) is 0 Å². The quantitative estimate of drug-likeness (QED) is 0.688. The van der Waals surface area contributed by atoms with Gasteiger partial charge in [-0.25, -0.2) is 4.79 Å². The van der Waals surface area contributed by atoms with Crippen molar-refractivity contribution in [1.82, 2.24) is 9.55 Å². The van der Waals surface area contributed by atoms with E-state index in [1.54, 1.807) is 6.92 Å². The van der Waals surface area contributed by atoms with E-state index in [1.165, 1.54) is 19.2 Å². The highest BCUT2D eigenvalue weighted by Crippen LogP contribution is 2.32. The van der Waals surface area contributed by atoms with Crippen LogP contribution in [-0.4, -0.2) is 39.4 Å². The molecule has 2 rings (SSSR count). The van der Waals surface area contributed by atoms with Crippen LogP contribution in [-0.2, 0) is 14.3 Å². The molecule has 0 bridgehead atoms. The summed E-state index contributed by atoms with van der Waals surface area (Å²) in [6.45, 7) is 3.01. The molecule has 2 heterocycles. The molecule has 0 spiro atoms. The SMILES string of the molecule is CC(=O)OCC1OC(n2ccc(=O)[nH]c2=O)[C@@H](O)[C@@H]1C. The van der Waals surface area contributed by atoms with E-state index in [0.29, 0.717) is 0 Å². The van der Waals surface area contributed by atoms with Gasteiger partial charge >= 0.3 is 11.7 Å². The molecule has 2 unspecified atom stereocenters. The lowest BCUT2D eigenvalue weighted by atomic mass is 10.0. The Balaban J connectivity index is 2.19. The van der Waals surface area contributed by atoms with E-state index >= 15 is 0 Å². The number of aliphatic hydroxyl groups excluding tert-OH is 1. The Morgan fingerprint density at radius 1 is 1.55 bits per heavy atom. The molecule has 8 heteroatoms. The number of hydrogen-bond acceptors (Lipinski definition) is 6. The highest BCUT2D eigenvalue weighted by molar-refractivity contribution is 5.65. The van der Waals surface area contributed by atoms with Crippen LogP contribution in [0.3, 0.4) is 0 Å². The van der Waals surface area contributed by atoms with Crippen LogP contribution in [0.2, 0.25) is 0 Å². The van der Waals surface area contributed by atoms with Crippen LogP contribution in [0, 0.1) is 5.92 Å². The molecule has 2 N–H and O–H groups in total. The molecule has 1 aromatic rings. The molecule has 4 atom stereocenters. The first-order chi connectivity index (χ1) is 9.40. The highest BCUT2D eigenvalue weighted by atomic mass is 16.6. The van der Waals surface area contributed by atoms with Gasteiger partial charge in [-0.3, -0.25) is 19.1 Å². The van der Waals surface area contributed by atoms with Gasteiger partial charge in [-0.2, -0.15) is 0 Å². The minimum atomic E-state index is -0.945. The van der Waals surface area contributed by atoms with E-state index < -0.39 is 35.7 Å². The normalized spacial score (nSPS) is 29.4. The number of nitrogens with zero attached hydrogens (tertiary/aromatic N) is 1.